The van der Waals surface area contributed by atoms with Gasteiger partial charge in [-0.3, -0.25) is 0 Å². The van der Waals surface area contributed by atoms with Crippen LogP contribution in [0, 0.1) is 0 Å². The number of carbonyl (C=O) groups is 1. The van der Waals surface area contributed by atoms with Crippen LogP contribution in [0.25, 0.3) is 0 Å². The number of aryl methyl sites for hydroxylation is 1. The van der Waals surface area contributed by atoms with Crippen molar-refractivity contribution in [1.82, 2.24) is 5.32 Å². The van der Waals surface area contributed by atoms with E-state index in [0.29, 0.717) is 11.4 Å². The van der Waals surface area contributed by atoms with E-state index >= 15 is 0 Å². The lowest BCUT2D eigenvalue weighted by molar-refractivity contribution is 0.254. The van der Waals surface area contributed by atoms with Crippen molar-refractivity contribution < 1.29 is 4.79 Å². The number of hydrogen-bond acceptors (Lipinski definition) is 2. The molecule has 0 aliphatic carbocycles. The lowest BCUT2D eigenvalue weighted by atomic mass is 10.1. The number of nitrogens with one attached hydrogen (secondary N) is 2. The van der Waals surface area contributed by atoms with Crippen LogP contribution in [0.1, 0.15) is 12.5 Å². The van der Waals surface area contributed by atoms with E-state index in [-0.39, 0.29) is 6.03 Å². The second-order valence-corrected chi connectivity index (χ2v) is 2.97. The molecule has 0 heterocycles. The summed E-state index contributed by atoms with van der Waals surface area (Å²) in [5.41, 5.74) is 8.28. The number of nitrogens with two attached hydrogens (primary N) is 1. The molecule has 76 valence electrons. The Kier molecular flexibility index (Phi) is 3.34. The maximum Gasteiger partial charge on any atom is 0.318 e. The molecule has 0 unspecified atom stereocenters. The van der Waals surface area contributed by atoms with E-state index in [0.717, 1.165) is 12.0 Å². The highest BCUT2D eigenvalue weighted by molar-refractivity contribution is 5.89. The van der Waals surface area contributed by atoms with Gasteiger partial charge in [0.15, 0.2) is 0 Å². The third kappa shape index (κ3) is 2.39. The standard InChI is InChI=1S/C10H15N3O/c1-3-7-4-5-8(6-9(7)11)13-10(14)12-2/h4-6H,3,11H2,1-2H3,(H2,12,13,14). The monoisotopic (exact) mass is 193 g/mol. The molecule has 1 aromatic rings. The van der Waals surface area contributed by atoms with Crippen LogP contribution in [0.4, 0.5) is 16.2 Å². The molecule has 0 bridgehead atoms. The average Bonchev–Trinajstić information content (AvgIpc) is 2.18. The zero-order chi connectivity index (χ0) is 10.6. The van der Waals surface area contributed by atoms with Gasteiger partial charge in [0.05, 0.1) is 0 Å². The third-order valence-electron chi connectivity index (χ3n) is 2.01. The molecule has 1 aromatic carbocycles. The summed E-state index contributed by atoms with van der Waals surface area (Å²) < 4.78 is 0. The van der Waals surface area contributed by atoms with Crippen molar-refractivity contribution in [3.8, 4) is 0 Å². The van der Waals surface area contributed by atoms with E-state index in [2.05, 4.69) is 10.6 Å². The van der Waals surface area contributed by atoms with Crippen molar-refractivity contribution in [2.24, 2.45) is 0 Å². The van der Waals surface area contributed by atoms with E-state index in [1.165, 1.54) is 0 Å². The smallest absolute Gasteiger partial charge is 0.318 e. The molecule has 0 fully saturated rings. The highest BCUT2D eigenvalue weighted by Crippen LogP contribution is 2.18. The Morgan fingerprint density at radius 3 is 2.71 bits per heavy atom. The summed E-state index contributed by atoms with van der Waals surface area (Å²) in [6.07, 6.45) is 0.895. The van der Waals surface area contributed by atoms with Crippen molar-refractivity contribution in [2.45, 2.75) is 13.3 Å². The molecule has 0 atom stereocenters. The lowest BCUT2D eigenvalue weighted by Crippen LogP contribution is -2.24. The molecule has 14 heavy (non-hydrogen) atoms. The topological polar surface area (TPSA) is 67.2 Å². The zero-order valence-electron chi connectivity index (χ0n) is 8.42. The van der Waals surface area contributed by atoms with Crippen LogP contribution in [-0.2, 0) is 6.42 Å². The Labute approximate surface area is 83.5 Å². The van der Waals surface area contributed by atoms with Crippen LogP contribution in [-0.4, -0.2) is 13.1 Å². The van der Waals surface area contributed by atoms with Gasteiger partial charge in [-0.1, -0.05) is 13.0 Å². The number of amides is 2. The number of urea groups is 1. The summed E-state index contributed by atoms with van der Waals surface area (Å²) in [6, 6.07) is 5.27. The first-order valence-corrected chi connectivity index (χ1v) is 4.54. The summed E-state index contributed by atoms with van der Waals surface area (Å²) >= 11 is 0. The number of anilines is 2. The molecule has 0 aromatic heterocycles. The summed E-state index contributed by atoms with van der Waals surface area (Å²) in [5, 5.41) is 5.12. The Morgan fingerprint density at radius 1 is 1.50 bits per heavy atom. The zero-order valence-corrected chi connectivity index (χ0v) is 8.42. The molecule has 0 radical (unpaired) electrons. The van der Waals surface area contributed by atoms with Crippen LogP contribution in [0.3, 0.4) is 0 Å². The fraction of sp³-hybridized carbons (Fsp3) is 0.300. The predicted octanol–water partition coefficient (Wildman–Crippen LogP) is 1.58. The molecule has 4 N–H and O–H groups in total. The first kappa shape index (κ1) is 10.4. The largest absolute Gasteiger partial charge is 0.398 e. The van der Waals surface area contributed by atoms with Gasteiger partial charge in [-0.25, -0.2) is 4.79 Å². The van der Waals surface area contributed by atoms with Gasteiger partial charge in [-0.15, -0.1) is 0 Å². The molecule has 0 aliphatic rings. The summed E-state index contributed by atoms with van der Waals surface area (Å²) in [5.74, 6) is 0. The number of nitrogen functional groups attached to an aromatic ring is 1. The molecule has 0 spiro atoms. The van der Waals surface area contributed by atoms with Gasteiger partial charge in [-0.2, -0.15) is 0 Å². The second-order valence-electron chi connectivity index (χ2n) is 2.97. The summed E-state index contributed by atoms with van der Waals surface area (Å²) in [7, 11) is 1.57. The quantitative estimate of drug-likeness (QED) is 0.624. The minimum absolute atomic E-state index is 0.242. The maximum atomic E-state index is 11.0. The molecule has 1 rings (SSSR count). The Bertz CT molecular complexity index is 336. The maximum absolute atomic E-state index is 11.0. The fourth-order valence-corrected chi connectivity index (χ4v) is 1.19. The summed E-state index contributed by atoms with van der Waals surface area (Å²) in [6.45, 7) is 2.04. The summed E-state index contributed by atoms with van der Waals surface area (Å²) in [4.78, 5) is 11.0. The van der Waals surface area contributed by atoms with Gasteiger partial charge in [0.25, 0.3) is 0 Å². The normalized spacial score (nSPS) is 9.57. The molecule has 0 aliphatic heterocycles. The molecule has 0 saturated carbocycles. The average molecular weight is 193 g/mol. The Balaban J connectivity index is 2.81. The molecular formula is C10H15N3O. The van der Waals surface area contributed by atoms with Gasteiger partial charge >= 0.3 is 6.03 Å². The molecule has 4 nitrogen and oxygen atoms in total. The number of benzene rings is 1. The van der Waals surface area contributed by atoms with Crippen molar-refractivity contribution >= 4 is 17.4 Å². The van der Waals surface area contributed by atoms with Crippen LogP contribution in [0.2, 0.25) is 0 Å². The lowest BCUT2D eigenvalue weighted by Gasteiger charge is -2.07. The van der Waals surface area contributed by atoms with E-state index < -0.39 is 0 Å². The first-order chi connectivity index (χ1) is 6.67. The number of hydrogen-bond donors (Lipinski definition) is 3. The first-order valence-electron chi connectivity index (χ1n) is 4.54. The van der Waals surface area contributed by atoms with Crippen molar-refractivity contribution in [2.75, 3.05) is 18.1 Å². The Morgan fingerprint density at radius 2 is 2.21 bits per heavy atom. The highest BCUT2D eigenvalue weighted by atomic mass is 16.2. The van der Waals surface area contributed by atoms with E-state index in [1.54, 1.807) is 13.1 Å². The molecular weight excluding hydrogens is 178 g/mol. The molecule has 0 saturated heterocycles. The molecule has 2 amide bonds. The minimum Gasteiger partial charge on any atom is -0.398 e. The number of carbonyl (C=O) groups excluding carboxylic acids is 1. The minimum atomic E-state index is -0.242. The fourth-order valence-electron chi connectivity index (χ4n) is 1.19. The highest BCUT2D eigenvalue weighted by Gasteiger charge is 2.01. The van der Waals surface area contributed by atoms with Gasteiger partial charge in [-0.05, 0) is 24.1 Å². The van der Waals surface area contributed by atoms with Crippen LogP contribution >= 0.6 is 0 Å². The van der Waals surface area contributed by atoms with Crippen molar-refractivity contribution in [1.29, 1.82) is 0 Å². The number of rotatable bonds is 2. The van der Waals surface area contributed by atoms with E-state index in [1.807, 2.05) is 19.1 Å². The van der Waals surface area contributed by atoms with Crippen molar-refractivity contribution in [3.63, 3.8) is 0 Å². The van der Waals surface area contributed by atoms with Gasteiger partial charge < -0.3 is 16.4 Å². The van der Waals surface area contributed by atoms with Crippen LogP contribution < -0.4 is 16.4 Å². The predicted molar refractivity (Wildman–Crippen MR) is 58.3 cm³/mol. The third-order valence-corrected chi connectivity index (χ3v) is 2.01. The Hall–Kier alpha value is -1.71. The van der Waals surface area contributed by atoms with Crippen LogP contribution in [0.5, 0.6) is 0 Å². The van der Waals surface area contributed by atoms with E-state index in [9.17, 15) is 4.79 Å². The second kappa shape index (κ2) is 4.50. The molecule has 4 heteroatoms. The van der Waals surface area contributed by atoms with Crippen molar-refractivity contribution in [3.05, 3.63) is 23.8 Å². The van der Waals surface area contributed by atoms with E-state index in [4.69, 9.17) is 5.73 Å². The van der Waals surface area contributed by atoms with Gasteiger partial charge in [0.2, 0.25) is 0 Å². The van der Waals surface area contributed by atoms with Gasteiger partial charge in [0.1, 0.15) is 0 Å². The SMILES string of the molecule is CCc1ccc(NC(=O)NC)cc1N. The van der Waals surface area contributed by atoms with Crippen LogP contribution in [0.15, 0.2) is 18.2 Å². The van der Waals surface area contributed by atoms with Gasteiger partial charge in [0, 0.05) is 18.4 Å².